The van der Waals surface area contributed by atoms with Crippen LogP contribution in [0.4, 0.5) is 5.69 Å². The van der Waals surface area contributed by atoms with E-state index in [-0.39, 0.29) is 24.0 Å². The van der Waals surface area contributed by atoms with Crippen LogP contribution in [0.25, 0.3) is 0 Å². The molecule has 0 unspecified atom stereocenters. The van der Waals surface area contributed by atoms with Crippen molar-refractivity contribution in [1.29, 1.82) is 0 Å². The van der Waals surface area contributed by atoms with Crippen LogP contribution in [0.15, 0.2) is 47.6 Å². The molecule has 0 saturated heterocycles. The molecule has 0 atom stereocenters. The highest BCUT2D eigenvalue weighted by molar-refractivity contribution is 14.0. The van der Waals surface area contributed by atoms with E-state index in [2.05, 4.69) is 15.3 Å². The number of aromatic nitrogens is 1. The number of nitrogens with zero attached hydrogens (tertiary/aromatic N) is 2. The molecule has 0 saturated carbocycles. The van der Waals surface area contributed by atoms with Gasteiger partial charge in [0.25, 0.3) is 0 Å². The molecule has 0 amide bonds. The Kier molecular flexibility index (Phi) is 9.63. The Balaban J connectivity index is 0.00000312. The molecule has 2 rings (SSSR count). The molecule has 8 heteroatoms. The van der Waals surface area contributed by atoms with Crippen molar-refractivity contribution in [1.82, 2.24) is 4.98 Å². The molecule has 0 aliphatic heterocycles. The molecule has 0 spiro atoms. The van der Waals surface area contributed by atoms with E-state index >= 15 is 0 Å². The standard InChI is InChI=1S/C17H22N4O3.HI/c1-22-9-10-24-16-13(5-4-8-19-16)12-20-17(18)21-14-6-3-7-15(11-14)23-2;/h3-8,11H,9-10,12H2,1-2H3,(H3,18,20,21);1H. The molecule has 0 radical (unpaired) electrons. The first-order valence-corrected chi connectivity index (χ1v) is 7.49. The average Bonchev–Trinajstić information content (AvgIpc) is 2.61. The fourth-order valence-corrected chi connectivity index (χ4v) is 1.95. The van der Waals surface area contributed by atoms with Gasteiger partial charge in [0.15, 0.2) is 5.96 Å². The van der Waals surface area contributed by atoms with Crippen molar-refractivity contribution in [3.05, 3.63) is 48.2 Å². The molecule has 0 fully saturated rings. The lowest BCUT2D eigenvalue weighted by Crippen LogP contribution is -2.22. The SMILES string of the molecule is COCCOc1ncccc1CN=C(N)Nc1cccc(OC)c1.I. The quantitative estimate of drug-likeness (QED) is 0.274. The zero-order valence-electron chi connectivity index (χ0n) is 14.3. The number of hydrogen-bond acceptors (Lipinski definition) is 5. The average molecular weight is 458 g/mol. The Morgan fingerprint density at radius 1 is 1.20 bits per heavy atom. The molecule has 136 valence electrons. The predicted molar refractivity (Wildman–Crippen MR) is 109 cm³/mol. The van der Waals surface area contributed by atoms with Crippen molar-refractivity contribution in [3.63, 3.8) is 0 Å². The lowest BCUT2D eigenvalue weighted by atomic mass is 10.3. The highest BCUT2D eigenvalue weighted by Crippen LogP contribution is 2.17. The number of hydrogen-bond donors (Lipinski definition) is 2. The van der Waals surface area contributed by atoms with Gasteiger partial charge in [-0.25, -0.2) is 9.98 Å². The van der Waals surface area contributed by atoms with E-state index in [1.54, 1.807) is 20.4 Å². The van der Waals surface area contributed by atoms with Crippen molar-refractivity contribution >= 4 is 35.6 Å². The maximum Gasteiger partial charge on any atom is 0.218 e. The highest BCUT2D eigenvalue weighted by Gasteiger charge is 2.04. The van der Waals surface area contributed by atoms with Crippen LogP contribution in [0.5, 0.6) is 11.6 Å². The number of nitrogens with two attached hydrogens (primary N) is 1. The minimum absolute atomic E-state index is 0. The van der Waals surface area contributed by atoms with Crippen LogP contribution in [0.2, 0.25) is 0 Å². The summed E-state index contributed by atoms with van der Waals surface area (Å²) in [5.74, 6) is 1.58. The molecule has 0 aliphatic rings. The third-order valence-corrected chi connectivity index (χ3v) is 3.14. The summed E-state index contributed by atoms with van der Waals surface area (Å²) in [4.78, 5) is 8.54. The van der Waals surface area contributed by atoms with Crippen molar-refractivity contribution in [3.8, 4) is 11.6 Å². The smallest absolute Gasteiger partial charge is 0.218 e. The van der Waals surface area contributed by atoms with Gasteiger partial charge in [0, 0.05) is 30.6 Å². The fraction of sp³-hybridized carbons (Fsp3) is 0.294. The molecule has 1 heterocycles. The van der Waals surface area contributed by atoms with Crippen LogP contribution >= 0.6 is 24.0 Å². The summed E-state index contributed by atoms with van der Waals surface area (Å²) in [7, 11) is 3.24. The number of ether oxygens (including phenoxy) is 3. The van der Waals surface area contributed by atoms with Gasteiger partial charge in [0.1, 0.15) is 12.4 Å². The van der Waals surface area contributed by atoms with Crippen LogP contribution in [-0.4, -0.2) is 38.4 Å². The maximum absolute atomic E-state index is 5.93. The van der Waals surface area contributed by atoms with Gasteiger partial charge in [-0.1, -0.05) is 12.1 Å². The summed E-state index contributed by atoms with van der Waals surface area (Å²) in [6.07, 6.45) is 1.67. The molecule has 3 N–H and O–H groups in total. The number of pyridine rings is 1. The van der Waals surface area contributed by atoms with E-state index in [0.29, 0.717) is 31.6 Å². The molecule has 2 aromatic rings. The Labute approximate surface area is 164 Å². The van der Waals surface area contributed by atoms with Crippen LogP contribution in [0.1, 0.15) is 5.56 Å². The molecule has 1 aromatic carbocycles. The number of anilines is 1. The number of rotatable bonds is 8. The molecule has 25 heavy (non-hydrogen) atoms. The van der Waals surface area contributed by atoms with Crippen molar-refractivity contribution in [2.75, 3.05) is 32.8 Å². The third-order valence-electron chi connectivity index (χ3n) is 3.14. The first kappa shape index (κ1) is 21.0. The summed E-state index contributed by atoms with van der Waals surface area (Å²) in [5.41, 5.74) is 7.59. The normalized spacial score (nSPS) is 10.7. The maximum atomic E-state index is 5.93. The number of halogens is 1. The van der Waals surface area contributed by atoms with E-state index in [0.717, 1.165) is 17.0 Å². The Morgan fingerprint density at radius 3 is 2.80 bits per heavy atom. The van der Waals surface area contributed by atoms with Crippen molar-refractivity contribution in [2.45, 2.75) is 6.54 Å². The second-order valence-electron chi connectivity index (χ2n) is 4.87. The van der Waals surface area contributed by atoms with Gasteiger partial charge in [-0.05, 0) is 18.2 Å². The largest absolute Gasteiger partial charge is 0.497 e. The molecular formula is C17H23IN4O3. The van der Waals surface area contributed by atoms with E-state index < -0.39 is 0 Å². The van der Waals surface area contributed by atoms with E-state index in [1.165, 1.54) is 0 Å². The second-order valence-corrected chi connectivity index (χ2v) is 4.87. The topological polar surface area (TPSA) is 91.0 Å². The van der Waals surface area contributed by atoms with Crippen LogP contribution in [0, 0.1) is 0 Å². The minimum Gasteiger partial charge on any atom is -0.497 e. The Hall–Kier alpha value is -2.07. The Morgan fingerprint density at radius 2 is 2.04 bits per heavy atom. The highest BCUT2D eigenvalue weighted by atomic mass is 127. The Bertz CT molecular complexity index is 682. The molecule has 0 aliphatic carbocycles. The van der Waals surface area contributed by atoms with Gasteiger partial charge >= 0.3 is 0 Å². The minimum atomic E-state index is 0. The zero-order valence-corrected chi connectivity index (χ0v) is 16.6. The van der Waals surface area contributed by atoms with E-state index in [1.807, 2.05) is 36.4 Å². The van der Waals surface area contributed by atoms with Crippen LogP contribution in [-0.2, 0) is 11.3 Å². The van der Waals surface area contributed by atoms with Crippen molar-refractivity contribution < 1.29 is 14.2 Å². The number of benzene rings is 1. The monoisotopic (exact) mass is 458 g/mol. The van der Waals surface area contributed by atoms with Gasteiger partial charge in [-0.15, -0.1) is 24.0 Å². The van der Waals surface area contributed by atoms with Crippen LogP contribution < -0.4 is 20.5 Å². The lowest BCUT2D eigenvalue weighted by Gasteiger charge is -2.09. The van der Waals surface area contributed by atoms with Gasteiger partial charge in [-0.2, -0.15) is 0 Å². The van der Waals surface area contributed by atoms with Gasteiger partial charge < -0.3 is 25.3 Å². The van der Waals surface area contributed by atoms with Crippen LogP contribution in [0.3, 0.4) is 0 Å². The fourth-order valence-electron chi connectivity index (χ4n) is 1.95. The third kappa shape index (κ3) is 7.14. The summed E-state index contributed by atoms with van der Waals surface area (Å²) in [5, 5.41) is 3.03. The number of guanidine groups is 1. The zero-order chi connectivity index (χ0) is 17.2. The number of nitrogens with one attached hydrogen (secondary N) is 1. The van der Waals surface area contributed by atoms with Crippen molar-refractivity contribution in [2.24, 2.45) is 10.7 Å². The second kappa shape index (κ2) is 11.5. The number of methoxy groups -OCH3 is 2. The summed E-state index contributed by atoms with van der Waals surface area (Å²) >= 11 is 0. The summed E-state index contributed by atoms with van der Waals surface area (Å²) in [6.45, 7) is 1.29. The molecule has 1 aromatic heterocycles. The van der Waals surface area contributed by atoms with E-state index in [4.69, 9.17) is 19.9 Å². The lowest BCUT2D eigenvalue weighted by molar-refractivity contribution is 0.143. The molecule has 0 bridgehead atoms. The van der Waals surface area contributed by atoms with Gasteiger partial charge in [0.05, 0.1) is 20.3 Å². The first-order chi connectivity index (χ1) is 11.7. The molecule has 7 nitrogen and oxygen atoms in total. The summed E-state index contributed by atoms with van der Waals surface area (Å²) in [6, 6.07) is 11.2. The number of aliphatic imine (C=N–C) groups is 1. The van der Waals surface area contributed by atoms with Gasteiger partial charge in [-0.3, -0.25) is 0 Å². The molecular weight excluding hydrogens is 435 g/mol. The first-order valence-electron chi connectivity index (χ1n) is 7.49. The van der Waals surface area contributed by atoms with Gasteiger partial charge in [0.2, 0.25) is 5.88 Å². The summed E-state index contributed by atoms with van der Waals surface area (Å²) < 4.78 is 15.7. The van der Waals surface area contributed by atoms with E-state index in [9.17, 15) is 0 Å². The predicted octanol–water partition coefficient (Wildman–Crippen LogP) is 2.66.